The fraction of sp³-hybridized carbons (Fsp3) is 0.357. The highest BCUT2D eigenvalue weighted by Crippen LogP contribution is 2.04. The molecule has 21 heavy (non-hydrogen) atoms. The molecule has 0 amide bonds. The molecule has 0 aliphatic carbocycles. The highest BCUT2D eigenvalue weighted by atomic mass is 32.2. The lowest BCUT2D eigenvalue weighted by Gasteiger charge is -2.16. The molecule has 0 aliphatic rings. The van der Waals surface area contributed by atoms with Crippen LogP contribution in [-0.2, 0) is 16.6 Å². The van der Waals surface area contributed by atoms with Gasteiger partial charge in [-0.1, -0.05) is 30.3 Å². The van der Waals surface area contributed by atoms with Gasteiger partial charge in [0, 0.05) is 13.1 Å². The molecule has 2 rings (SSSR count). The highest BCUT2D eigenvalue weighted by Gasteiger charge is 2.14. The van der Waals surface area contributed by atoms with Gasteiger partial charge in [-0.3, -0.25) is 5.10 Å². The zero-order chi connectivity index (χ0) is 15.1. The first-order valence-electron chi connectivity index (χ1n) is 6.79. The zero-order valence-corrected chi connectivity index (χ0v) is 12.8. The van der Waals surface area contributed by atoms with Gasteiger partial charge in [-0.25, -0.2) is 13.1 Å². The van der Waals surface area contributed by atoms with Gasteiger partial charge >= 0.3 is 0 Å². The van der Waals surface area contributed by atoms with Crippen LogP contribution in [0.2, 0.25) is 0 Å². The Hall–Kier alpha value is -1.70. The average Bonchev–Trinajstić information content (AvgIpc) is 3.00. The van der Waals surface area contributed by atoms with E-state index in [2.05, 4.69) is 32.0 Å². The van der Waals surface area contributed by atoms with Gasteiger partial charge in [0.15, 0.2) is 5.03 Å². The van der Waals surface area contributed by atoms with Crippen molar-refractivity contribution in [1.82, 2.24) is 19.8 Å². The Kier molecular flexibility index (Phi) is 5.49. The predicted octanol–water partition coefficient (Wildman–Crippen LogP) is 1.21. The van der Waals surface area contributed by atoms with Crippen LogP contribution in [0.25, 0.3) is 0 Å². The van der Waals surface area contributed by atoms with Crippen LogP contribution in [0.3, 0.4) is 0 Å². The maximum atomic E-state index is 11.8. The van der Waals surface area contributed by atoms with E-state index in [0.717, 1.165) is 19.5 Å². The molecule has 0 aliphatic heterocycles. The summed E-state index contributed by atoms with van der Waals surface area (Å²) in [7, 11) is -1.44. The molecule has 0 saturated carbocycles. The van der Waals surface area contributed by atoms with Gasteiger partial charge in [-0.2, -0.15) is 5.10 Å². The summed E-state index contributed by atoms with van der Waals surface area (Å²) >= 11 is 0. The van der Waals surface area contributed by atoms with E-state index in [1.54, 1.807) is 0 Å². The molecule has 0 bridgehead atoms. The number of benzene rings is 1. The van der Waals surface area contributed by atoms with Crippen LogP contribution >= 0.6 is 0 Å². The molecule has 0 fully saturated rings. The van der Waals surface area contributed by atoms with Gasteiger partial charge in [-0.15, -0.1) is 0 Å². The van der Waals surface area contributed by atoms with Crippen LogP contribution in [0.1, 0.15) is 12.0 Å². The van der Waals surface area contributed by atoms with Crippen LogP contribution in [0.15, 0.2) is 47.6 Å². The van der Waals surface area contributed by atoms with Crippen LogP contribution in [0, 0.1) is 0 Å². The lowest BCUT2D eigenvalue weighted by molar-refractivity contribution is 0.322. The Morgan fingerprint density at radius 1 is 1.24 bits per heavy atom. The third-order valence-electron chi connectivity index (χ3n) is 3.07. The van der Waals surface area contributed by atoms with Gasteiger partial charge in [0.05, 0.1) is 6.20 Å². The first kappa shape index (κ1) is 15.7. The largest absolute Gasteiger partial charge is 0.302 e. The Labute approximate surface area is 125 Å². The normalized spacial score (nSPS) is 11.9. The molecule has 2 N–H and O–H groups in total. The van der Waals surface area contributed by atoms with E-state index < -0.39 is 10.0 Å². The summed E-state index contributed by atoms with van der Waals surface area (Å²) in [5.41, 5.74) is 1.25. The second kappa shape index (κ2) is 7.35. The second-order valence-electron chi connectivity index (χ2n) is 4.90. The van der Waals surface area contributed by atoms with Gasteiger partial charge < -0.3 is 4.90 Å². The van der Waals surface area contributed by atoms with E-state index in [9.17, 15) is 8.42 Å². The second-order valence-corrected chi connectivity index (χ2v) is 6.63. The fourth-order valence-electron chi connectivity index (χ4n) is 2.00. The van der Waals surface area contributed by atoms with Crippen molar-refractivity contribution in [2.75, 3.05) is 20.1 Å². The molecule has 2 aromatic rings. The predicted molar refractivity (Wildman–Crippen MR) is 81.2 cm³/mol. The molecular formula is C14H20N4O2S. The Balaban J connectivity index is 1.70. The number of hydrogen-bond donors (Lipinski definition) is 2. The maximum absolute atomic E-state index is 11.8. The number of nitrogens with zero attached hydrogens (tertiary/aromatic N) is 2. The van der Waals surface area contributed by atoms with Crippen molar-refractivity contribution < 1.29 is 8.42 Å². The minimum absolute atomic E-state index is 0.0974. The number of hydrogen-bond acceptors (Lipinski definition) is 4. The third kappa shape index (κ3) is 4.96. The summed E-state index contributed by atoms with van der Waals surface area (Å²) in [4.78, 5) is 2.17. The SMILES string of the molecule is CN(CCCNS(=O)(=O)c1ccn[nH]1)Cc1ccccc1. The van der Waals surface area contributed by atoms with Crippen molar-refractivity contribution in [3.05, 3.63) is 48.2 Å². The smallest absolute Gasteiger partial charge is 0.257 e. The molecule has 0 unspecified atom stereocenters. The van der Waals surface area contributed by atoms with Gasteiger partial charge in [0.2, 0.25) is 0 Å². The molecule has 114 valence electrons. The van der Waals surface area contributed by atoms with E-state index in [1.807, 2.05) is 25.2 Å². The van der Waals surface area contributed by atoms with Crippen molar-refractivity contribution >= 4 is 10.0 Å². The minimum Gasteiger partial charge on any atom is -0.302 e. The monoisotopic (exact) mass is 308 g/mol. The van der Waals surface area contributed by atoms with Crippen molar-refractivity contribution in [2.45, 2.75) is 18.0 Å². The van der Waals surface area contributed by atoms with E-state index in [1.165, 1.54) is 17.8 Å². The van der Waals surface area contributed by atoms with Crippen molar-refractivity contribution in [3.63, 3.8) is 0 Å². The van der Waals surface area contributed by atoms with E-state index >= 15 is 0 Å². The first-order valence-corrected chi connectivity index (χ1v) is 8.28. The van der Waals surface area contributed by atoms with Crippen LogP contribution in [0.5, 0.6) is 0 Å². The van der Waals surface area contributed by atoms with Crippen molar-refractivity contribution in [2.24, 2.45) is 0 Å². The molecule has 7 heteroatoms. The zero-order valence-electron chi connectivity index (χ0n) is 12.0. The number of rotatable bonds is 8. The molecule has 1 aromatic carbocycles. The van der Waals surface area contributed by atoms with Crippen molar-refractivity contribution in [3.8, 4) is 0 Å². The summed E-state index contributed by atoms with van der Waals surface area (Å²) in [6, 6.07) is 11.6. The summed E-state index contributed by atoms with van der Waals surface area (Å²) < 4.78 is 26.2. The Morgan fingerprint density at radius 2 is 2.00 bits per heavy atom. The van der Waals surface area contributed by atoms with E-state index in [-0.39, 0.29) is 5.03 Å². The molecule has 0 radical (unpaired) electrons. The standard InChI is InChI=1S/C14H20N4O2S/c1-18(12-13-6-3-2-4-7-13)11-5-9-16-21(19,20)14-8-10-15-17-14/h2-4,6-8,10,16H,5,9,11-12H2,1H3,(H,15,17). The van der Waals surface area contributed by atoms with Gasteiger partial charge in [0.1, 0.15) is 0 Å². The summed E-state index contributed by atoms with van der Waals surface area (Å²) in [5, 5.41) is 6.19. The minimum atomic E-state index is -3.46. The Morgan fingerprint density at radius 3 is 2.67 bits per heavy atom. The van der Waals surface area contributed by atoms with Crippen LogP contribution in [-0.4, -0.2) is 43.7 Å². The van der Waals surface area contributed by atoms with Crippen molar-refractivity contribution in [1.29, 1.82) is 0 Å². The van der Waals surface area contributed by atoms with Gasteiger partial charge in [0.25, 0.3) is 10.0 Å². The topological polar surface area (TPSA) is 78.1 Å². The van der Waals surface area contributed by atoms with E-state index in [4.69, 9.17) is 0 Å². The lowest BCUT2D eigenvalue weighted by atomic mass is 10.2. The average molecular weight is 308 g/mol. The molecular weight excluding hydrogens is 288 g/mol. The van der Waals surface area contributed by atoms with E-state index in [0.29, 0.717) is 6.54 Å². The quantitative estimate of drug-likeness (QED) is 0.719. The lowest BCUT2D eigenvalue weighted by Crippen LogP contribution is -2.28. The van der Waals surface area contributed by atoms with Crippen LogP contribution in [0.4, 0.5) is 0 Å². The Bertz CT molecular complexity index is 626. The molecule has 0 atom stereocenters. The summed E-state index contributed by atoms with van der Waals surface area (Å²) in [6.45, 7) is 2.08. The molecule has 1 aromatic heterocycles. The number of aromatic nitrogens is 2. The maximum Gasteiger partial charge on any atom is 0.257 e. The number of H-pyrrole nitrogens is 1. The van der Waals surface area contributed by atoms with Crippen LogP contribution < -0.4 is 4.72 Å². The molecule has 0 spiro atoms. The van der Waals surface area contributed by atoms with Gasteiger partial charge in [-0.05, 0) is 31.6 Å². The number of aromatic amines is 1. The number of sulfonamides is 1. The fourth-order valence-corrected chi connectivity index (χ4v) is 2.98. The molecule has 0 saturated heterocycles. The summed E-state index contributed by atoms with van der Waals surface area (Å²) in [5.74, 6) is 0. The summed E-state index contributed by atoms with van der Waals surface area (Å²) in [6.07, 6.45) is 2.17. The highest BCUT2D eigenvalue weighted by molar-refractivity contribution is 7.89. The molecule has 1 heterocycles. The molecule has 6 nitrogen and oxygen atoms in total. The third-order valence-corrected chi connectivity index (χ3v) is 4.46. The first-order chi connectivity index (χ1) is 10.1. The number of nitrogens with one attached hydrogen (secondary N) is 2.